The molecular weight excluding hydrogens is 306 g/mol. The normalized spacial score (nSPS) is 11.8. The molecule has 0 saturated carbocycles. The number of para-hydroxylation sites is 1. The van der Waals surface area contributed by atoms with Gasteiger partial charge in [0.2, 0.25) is 0 Å². The van der Waals surface area contributed by atoms with Gasteiger partial charge in [-0.05, 0) is 43.9 Å². The second kappa shape index (κ2) is 7.81. The molecular formula is C19H23NO4. The molecule has 0 radical (unpaired) electrons. The van der Waals surface area contributed by atoms with Crippen LogP contribution in [0.2, 0.25) is 0 Å². The van der Waals surface area contributed by atoms with Gasteiger partial charge >= 0.3 is 5.97 Å². The van der Waals surface area contributed by atoms with Gasteiger partial charge in [0.1, 0.15) is 17.1 Å². The van der Waals surface area contributed by atoms with E-state index in [0.29, 0.717) is 23.0 Å². The van der Waals surface area contributed by atoms with Crippen LogP contribution in [0.1, 0.15) is 53.6 Å². The Morgan fingerprint density at radius 2 is 1.96 bits per heavy atom. The summed E-state index contributed by atoms with van der Waals surface area (Å²) < 4.78 is 10.4. The lowest BCUT2D eigenvalue weighted by Crippen LogP contribution is -2.21. The van der Waals surface area contributed by atoms with E-state index in [-0.39, 0.29) is 12.5 Å². The number of furan rings is 1. The van der Waals surface area contributed by atoms with Crippen molar-refractivity contribution in [3.8, 4) is 0 Å². The Bertz CT molecular complexity index is 733. The molecule has 0 spiro atoms. The van der Waals surface area contributed by atoms with E-state index in [9.17, 15) is 9.59 Å². The first kappa shape index (κ1) is 17.8. The van der Waals surface area contributed by atoms with Crippen molar-refractivity contribution in [2.24, 2.45) is 0 Å². The molecule has 0 aliphatic rings. The molecule has 1 heterocycles. The van der Waals surface area contributed by atoms with Gasteiger partial charge in [0.05, 0.1) is 0 Å². The highest BCUT2D eigenvalue weighted by Gasteiger charge is 2.17. The van der Waals surface area contributed by atoms with Crippen LogP contribution in [-0.2, 0) is 9.53 Å². The summed E-state index contributed by atoms with van der Waals surface area (Å²) in [5, 5.41) is 2.81. The summed E-state index contributed by atoms with van der Waals surface area (Å²) in [6, 6.07) is 9.26. The van der Waals surface area contributed by atoms with E-state index in [2.05, 4.69) is 19.2 Å². The Kier molecular flexibility index (Phi) is 5.79. The fraction of sp³-hybridized carbons (Fsp3) is 0.368. The highest BCUT2D eigenvalue weighted by Crippen LogP contribution is 2.26. The Morgan fingerprint density at radius 3 is 2.58 bits per heavy atom. The highest BCUT2D eigenvalue weighted by molar-refractivity contribution is 5.96. The molecule has 1 N–H and O–H groups in total. The first-order valence-electron chi connectivity index (χ1n) is 8.05. The Hall–Kier alpha value is -2.56. The van der Waals surface area contributed by atoms with Gasteiger partial charge in [-0.15, -0.1) is 0 Å². The predicted octanol–water partition coefficient (Wildman–Crippen LogP) is 4.21. The molecule has 5 heteroatoms. The molecule has 1 atom stereocenters. The number of hydrogen-bond acceptors (Lipinski definition) is 4. The van der Waals surface area contributed by atoms with Gasteiger partial charge in [0.15, 0.2) is 6.61 Å². The van der Waals surface area contributed by atoms with Crippen LogP contribution in [0.3, 0.4) is 0 Å². The summed E-state index contributed by atoms with van der Waals surface area (Å²) in [5.41, 5.74) is 2.17. The Balaban J connectivity index is 1.97. The van der Waals surface area contributed by atoms with Gasteiger partial charge in [0, 0.05) is 5.69 Å². The third kappa shape index (κ3) is 4.25. The molecule has 0 saturated heterocycles. The zero-order chi connectivity index (χ0) is 17.7. The molecule has 2 aromatic rings. The van der Waals surface area contributed by atoms with Crippen LogP contribution < -0.4 is 5.32 Å². The molecule has 5 nitrogen and oxygen atoms in total. The molecule has 0 bridgehead atoms. The predicted molar refractivity (Wildman–Crippen MR) is 92.2 cm³/mol. The summed E-state index contributed by atoms with van der Waals surface area (Å²) in [6.07, 6.45) is 0.973. The van der Waals surface area contributed by atoms with Crippen LogP contribution >= 0.6 is 0 Å². The minimum atomic E-state index is -0.560. The fourth-order valence-corrected chi connectivity index (χ4v) is 2.49. The van der Waals surface area contributed by atoms with Gasteiger partial charge in [-0.25, -0.2) is 4.79 Å². The van der Waals surface area contributed by atoms with E-state index < -0.39 is 5.97 Å². The zero-order valence-corrected chi connectivity index (χ0v) is 14.5. The van der Waals surface area contributed by atoms with E-state index in [1.807, 2.05) is 24.3 Å². The van der Waals surface area contributed by atoms with Crippen LogP contribution in [0, 0.1) is 13.8 Å². The van der Waals surface area contributed by atoms with Gasteiger partial charge in [-0.1, -0.05) is 32.0 Å². The van der Waals surface area contributed by atoms with E-state index >= 15 is 0 Å². The van der Waals surface area contributed by atoms with E-state index in [0.717, 1.165) is 17.7 Å². The van der Waals surface area contributed by atoms with Crippen molar-refractivity contribution >= 4 is 17.6 Å². The van der Waals surface area contributed by atoms with Crippen molar-refractivity contribution in [2.45, 2.75) is 40.0 Å². The summed E-state index contributed by atoms with van der Waals surface area (Å²) in [5.74, 6) is 0.527. The molecule has 128 valence electrons. The number of ether oxygens (including phenoxy) is 1. The van der Waals surface area contributed by atoms with E-state index in [1.165, 1.54) is 0 Å². The second-order valence-corrected chi connectivity index (χ2v) is 5.85. The van der Waals surface area contributed by atoms with Crippen LogP contribution in [0.4, 0.5) is 5.69 Å². The van der Waals surface area contributed by atoms with Crippen molar-refractivity contribution in [3.05, 3.63) is 53.0 Å². The smallest absolute Gasteiger partial charge is 0.342 e. The van der Waals surface area contributed by atoms with Gasteiger partial charge < -0.3 is 14.5 Å². The van der Waals surface area contributed by atoms with Crippen LogP contribution in [0.15, 0.2) is 34.7 Å². The summed E-state index contributed by atoms with van der Waals surface area (Å²) in [6.45, 7) is 7.31. The van der Waals surface area contributed by atoms with Gasteiger partial charge in [-0.3, -0.25) is 4.79 Å². The van der Waals surface area contributed by atoms with E-state index in [1.54, 1.807) is 19.9 Å². The maximum absolute atomic E-state index is 12.1. The van der Waals surface area contributed by atoms with Crippen molar-refractivity contribution in [3.63, 3.8) is 0 Å². The summed E-state index contributed by atoms with van der Waals surface area (Å²) in [7, 11) is 0. The molecule has 1 aromatic carbocycles. The summed E-state index contributed by atoms with van der Waals surface area (Å²) >= 11 is 0. The van der Waals surface area contributed by atoms with Crippen molar-refractivity contribution in [1.29, 1.82) is 0 Å². The van der Waals surface area contributed by atoms with Crippen molar-refractivity contribution < 1.29 is 18.7 Å². The average molecular weight is 329 g/mol. The number of esters is 1. The lowest BCUT2D eigenvalue weighted by Gasteiger charge is -2.15. The summed E-state index contributed by atoms with van der Waals surface area (Å²) in [4.78, 5) is 24.1. The molecule has 24 heavy (non-hydrogen) atoms. The first-order valence-corrected chi connectivity index (χ1v) is 8.05. The van der Waals surface area contributed by atoms with Gasteiger partial charge in [-0.2, -0.15) is 0 Å². The van der Waals surface area contributed by atoms with Crippen LogP contribution in [0.5, 0.6) is 0 Å². The second-order valence-electron chi connectivity index (χ2n) is 5.85. The van der Waals surface area contributed by atoms with Crippen LogP contribution in [-0.4, -0.2) is 18.5 Å². The lowest BCUT2D eigenvalue weighted by molar-refractivity contribution is -0.119. The highest BCUT2D eigenvalue weighted by atomic mass is 16.5. The minimum Gasteiger partial charge on any atom is -0.466 e. The number of hydrogen-bond donors (Lipinski definition) is 1. The standard InChI is InChI=1S/C19H23NO4/c1-5-12(2)15-8-6-7-9-17(15)20-18(21)11-23-19(22)16-10-13(3)24-14(16)4/h6-10,12H,5,11H2,1-4H3,(H,20,21)/t12-/m0/s1. The molecule has 1 amide bonds. The monoisotopic (exact) mass is 329 g/mol. The fourth-order valence-electron chi connectivity index (χ4n) is 2.49. The van der Waals surface area contributed by atoms with E-state index in [4.69, 9.17) is 9.15 Å². The molecule has 0 fully saturated rings. The van der Waals surface area contributed by atoms with Crippen LogP contribution in [0.25, 0.3) is 0 Å². The first-order chi connectivity index (χ1) is 11.4. The Morgan fingerprint density at radius 1 is 1.25 bits per heavy atom. The number of carbonyl (C=O) groups excluding carboxylic acids is 2. The minimum absolute atomic E-state index is 0.334. The molecule has 1 aromatic heterocycles. The molecule has 0 aliphatic heterocycles. The van der Waals surface area contributed by atoms with Gasteiger partial charge in [0.25, 0.3) is 5.91 Å². The average Bonchev–Trinajstić information content (AvgIpc) is 2.91. The number of nitrogens with one attached hydrogen (secondary N) is 1. The maximum Gasteiger partial charge on any atom is 0.342 e. The van der Waals surface area contributed by atoms with Crippen molar-refractivity contribution in [2.75, 3.05) is 11.9 Å². The molecule has 2 rings (SSSR count). The molecule has 0 aliphatic carbocycles. The SMILES string of the molecule is CC[C@H](C)c1ccccc1NC(=O)COC(=O)c1cc(C)oc1C. The third-order valence-corrected chi connectivity index (χ3v) is 3.97. The largest absolute Gasteiger partial charge is 0.466 e. The number of rotatable bonds is 6. The maximum atomic E-state index is 12.1. The van der Waals surface area contributed by atoms with Crippen molar-refractivity contribution in [1.82, 2.24) is 0 Å². The number of amides is 1. The third-order valence-electron chi connectivity index (χ3n) is 3.97. The lowest BCUT2D eigenvalue weighted by atomic mass is 9.97. The molecule has 0 unspecified atom stereocenters. The Labute approximate surface area is 142 Å². The number of benzene rings is 1. The number of anilines is 1. The zero-order valence-electron chi connectivity index (χ0n) is 14.5. The number of carbonyl (C=O) groups is 2. The topological polar surface area (TPSA) is 68.5 Å². The quantitative estimate of drug-likeness (QED) is 0.806. The number of aryl methyl sites for hydroxylation is 2.